The summed E-state index contributed by atoms with van der Waals surface area (Å²) < 4.78 is 89.6. The summed E-state index contributed by atoms with van der Waals surface area (Å²) in [5.41, 5.74) is 6.34. The molecular weight excluding hydrogens is 628 g/mol. The third kappa shape index (κ3) is 7.74. The summed E-state index contributed by atoms with van der Waals surface area (Å²) in [6.07, 6.45) is 0.515. The molecule has 1 aliphatic rings. The van der Waals surface area contributed by atoms with Crippen molar-refractivity contribution in [2.75, 3.05) is 31.4 Å². The van der Waals surface area contributed by atoms with Gasteiger partial charge in [-0.05, 0) is 66.8 Å². The summed E-state index contributed by atoms with van der Waals surface area (Å²) in [7, 11) is -2.61. The number of methoxy groups -OCH3 is 1. The van der Waals surface area contributed by atoms with E-state index < -0.39 is 63.3 Å². The Hall–Kier alpha value is -3.85. The predicted molar refractivity (Wildman–Crippen MR) is 165 cm³/mol. The molecule has 1 aliphatic heterocycles. The zero-order valence-electron chi connectivity index (χ0n) is 25.6. The molecule has 248 valence electrons. The van der Waals surface area contributed by atoms with Crippen molar-refractivity contribution in [3.63, 3.8) is 0 Å². The summed E-state index contributed by atoms with van der Waals surface area (Å²) >= 11 is 0. The smallest absolute Gasteiger partial charge is 0.420 e. The zero-order valence-corrected chi connectivity index (χ0v) is 26.4. The number of amides is 2. The number of ether oxygens (including phenoxy) is 1. The molecule has 3 aromatic carbocycles. The van der Waals surface area contributed by atoms with Gasteiger partial charge in [0.1, 0.15) is 23.3 Å². The standard InChI is InChI=1S/C32H36F4N4O5S/c1-4-24-17-38-18-25(40(24)46(3,43)44)12-13-26-27(36)6-5-7-28(26)39(32(42)45-2)31(41)30(37)29(19-8-10-21(33)11-9-19)20-14-22(34)16-23(35)15-20/h5-11,14-16,24-25,29-30,38H,4,12-13,17-18,37H2,1-3H3/t24-,25+,29+,30+/m1/s1. The number of halogens is 4. The Balaban J connectivity index is 1.75. The van der Waals surface area contributed by atoms with E-state index in [9.17, 15) is 31.2 Å². The maximum absolute atomic E-state index is 15.5. The fourth-order valence-electron chi connectivity index (χ4n) is 6.03. The monoisotopic (exact) mass is 664 g/mol. The summed E-state index contributed by atoms with van der Waals surface area (Å²) in [5, 5.41) is 3.21. The van der Waals surface area contributed by atoms with Crippen LogP contribution in [0.15, 0.2) is 60.7 Å². The van der Waals surface area contributed by atoms with Crippen molar-refractivity contribution in [1.82, 2.24) is 9.62 Å². The van der Waals surface area contributed by atoms with Crippen molar-refractivity contribution in [1.29, 1.82) is 0 Å². The average Bonchev–Trinajstić information content (AvgIpc) is 3.00. The Morgan fingerprint density at radius 2 is 1.61 bits per heavy atom. The van der Waals surface area contributed by atoms with Crippen LogP contribution in [0.5, 0.6) is 0 Å². The van der Waals surface area contributed by atoms with Gasteiger partial charge >= 0.3 is 6.09 Å². The van der Waals surface area contributed by atoms with Crippen LogP contribution in [0, 0.1) is 23.3 Å². The molecule has 0 radical (unpaired) electrons. The lowest BCUT2D eigenvalue weighted by Gasteiger charge is -2.40. The van der Waals surface area contributed by atoms with E-state index in [-0.39, 0.29) is 41.3 Å². The number of anilines is 1. The molecule has 1 heterocycles. The summed E-state index contributed by atoms with van der Waals surface area (Å²) in [6.45, 7) is 2.63. The summed E-state index contributed by atoms with van der Waals surface area (Å²) in [5.74, 6) is -5.65. The van der Waals surface area contributed by atoms with Crippen LogP contribution in [0.1, 0.15) is 42.4 Å². The first kappa shape index (κ1) is 35.0. The molecule has 2 amide bonds. The van der Waals surface area contributed by atoms with E-state index in [0.29, 0.717) is 30.5 Å². The minimum absolute atomic E-state index is 0.0645. The molecule has 1 saturated heterocycles. The first-order valence-corrected chi connectivity index (χ1v) is 16.5. The first-order valence-electron chi connectivity index (χ1n) is 14.6. The molecule has 0 saturated carbocycles. The van der Waals surface area contributed by atoms with Crippen LogP contribution in [0.3, 0.4) is 0 Å². The Kier molecular flexibility index (Phi) is 11.2. The van der Waals surface area contributed by atoms with Crippen LogP contribution in [0.2, 0.25) is 0 Å². The highest BCUT2D eigenvalue weighted by molar-refractivity contribution is 7.88. The number of carbonyl (C=O) groups excluding carboxylic acids is 2. The van der Waals surface area contributed by atoms with E-state index in [1.807, 2.05) is 6.92 Å². The van der Waals surface area contributed by atoms with Crippen molar-refractivity contribution >= 4 is 27.7 Å². The van der Waals surface area contributed by atoms with E-state index in [1.165, 1.54) is 28.6 Å². The quantitative estimate of drug-likeness (QED) is 0.308. The highest BCUT2D eigenvalue weighted by atomic mass is 32.2. The Morgan fingerprint density at radius 1 is 0.978 bits per heavy atom. The first-order chi connectivity index (χ1) is 21.8. The minimum atomic E-state index is -3.62. The largest absolute Gasteiger partial charge is 0.452 e. The number of hydrogen-bond donors (Lipinski definition) is 2. The number of nitrogens with two attached hydrogens (primary N) is 1. The lowest BCUT2D eigenvalue weighted by Crippen LogP contribution is -2.58. The molecule has 1 fully saturated rings. The van der Waals surface area contributed by atoms with E-state index in [0.717, 1.165) is 43.7 Å². The lowest BCUT2D eigenvalue weighted by molar-refractivity contribution is -0.119. The fraction of sp³-hybridized carbons (Fsp3) is 0.375. The second-order valence-corrected chi connectivity index (χ2v) is 13.0. The molecule has 4 atom stereocenters. The van der Waals surface area contributed by atoms with Crippen molar-refractivity contribution in [3.05, 3.63) is 101 Å². The molecule has 14 heteroatoms. The number of imide groups is 1. The lowest BCUT2D eigenvalue weighted by atomic mass is 9.84. The number of piperazine rings is 1. The van der Waals surface area contributed by atoms with Gasteiger partial charge in [-0.25, -0.2) is 35.7 Å². The summed E-state index contributed by atoms with van der Waals surface area (Å²) in [4.78, 5) is 27.9. The second-order valence-electron chi connectivity index (χ2n) is 11.1. The Labute approximate surface area is 265 Å². The minimum Gasteiger partial charge on any atom is -0.452 e. The molecule has 9 nitrogen and oxygen atoms in total. The number of rotatable bonds is 10. The molecule has 0 bridgehead atoms. The molecule has 0 aromatic heterocycles. The van der Waals surface area contributed by atoms with Gasteiger partial charge in [0, 0.05) is 42.7 Å². The Morgan fingerprint density at radius 3 is 2.20 bits per heavy atom. The molecule has 0 unspecified atom stereocenters. The van der Waals surface area contributed by atoms with Crippen LogP contribution < -0.4 is 16.0 Å². The molecule has 0 aliphatic carbocycles. The van der Waals surface area contributed by atoms with Crippen molar-refractivity contribution in [2.45, 2.75) is 50.2 Å². The van der Waals surface area contributed by atoms with Crippen LogP contribution in [0.25, 0.3) is 0 Å². The third-order valence-corrected chi connectivity index (χ3v) is 9.45. The maximum Gasteiger partial charge on any atom is 0.420 e. The van der Waals surface area contributed by atoms with Gasteiger partial charge in [0.05, 0.1) is 25.1 Å². The van der Waals surface area contributed by atoms with Crippen molar-refractivity contribution in [3.8, 4) is 0 Å². The number of hydrogen-bond acceptors (Lipinski definition) is 7. The molecular formula is C32H36F4N4O5S. The van der Waals surface area contributed by atoms with Gasteiger partial charge in [-0.2, -0.15) is 4.31 Å². The summed E-state index contributed by atoms with van der Waals surface area (Å²) in [6, 6.07) is 8.50. The normalized spacial score (nSPS) is 18.5. The maximum atomic E-state index is 15.5. The second kappa shape index (κ2) is 14.7. The number of nitrogens with one attached hydrogen (secondary N) is 1. The van der Waals surface area contributed by atoms with E-state index >= 15 is 4.39 Å². The number of carbonyl (C=O) groups is 2. The number of sulfonamides is 1. The van der Waals surface area contributed by atoms with Crippen molar-refractivity contribution in [2.24, 2.45) is 5.73 Å². The fourth-order valence-corrected chi connectivity index (χ4v) is 7.51. The topological polar surface area (TPSA) is 122 Å². The van der Waals surface area contributed by atoms with E-state index in [2.05, 4.69) is 5.32 Å². The van der Waals surface area contributed by atoms with Crippen LogP contribution in [-0.4, -0.2) is 69.3 Å². The van der Waals surface area contributed by atoms with Gasteiger partial charge in [0.15, 0.2) is 0 Å². The molecule has 4 rings (SSSR count). The number of benzene rings is 3. The molecule has 3 aromatic rings. The predicted octanol–water partition coefficient (Wildman–Crippen LogP) is 4.45. The van der Waals surface area contributed by atoms with Gasteiger partial charge in [0.25, 0.3) is 5.91 Å². The van der Waals surface area contributed by atoms with Gasteiger partial charge in [-0.1, -0.05) is 25.1 Å². The van der Waals surface area contributed by atoms with Gasteiger partial charge < -0.3 is 15.8 Å². The zero-order chi connectivity index (χ0) is 33.8. The highest BCUT2D eigenvalue weighted by Gasteiger charge is 2.39. The van der Waals surface area contributed by atoms with Gasteiger partial charge in [0.2, 0.25) is 10.0 Å². The Bertz CT molecular complexity index is 1660. The van der Waals surface area contributed by atoms with Crippen molar-refractivity contribution < 1.29 is 40.3 Å². The van der Waals surface area contributed by atoms with Crippen LogP contribution in [-0.2, 0) is 26.0 Å². The van der Waals surface area contributed by atoms with E-state index in [1.54, 1.807) is 0 Å². The van der Waals surface area contributed by atoms with Gasteiger partial charge in [-0.15, -0.1) is 0 Å². The highest BCUT2D eigenvalue weighted by Crippen LogP contribution is 2.33. The molecule has 46 heavy (non-hydrogen) atoms. The van der Waals surface area contributed by atoms with Gasteiger partial charge in [-0.3, -0.25) is 4.79 Å². The third-order valence-electron chi connectivity index (χ3n) is 8.09. The van der Waals surface area contributed by atoms with Crippen LogP contribution in [0.4, 0.5) is 28.0 Å². The number of nitrogens with zero attached hydrogens (tertiary/aromatic N) is 2. The average molecular weight is 665 g/mol. The van der Waals surface area contributed by atoms with E-state index in [4.69, 9.17) is 10.5 Å². The SMILES string of the molecule is CC[C@@H]1CNC[C@H](CCc2c(F)cccc2N(C(=O)OC)C(=O)[C@@H](N)[C@@H](c2ccc(F)cc2)c2cc(F)cc(F)c2)N1S(C)(=O)=O. The molecule has 0 spiro atoms. The molecule has 3 N–H and O–H groups in total. The van der Waals surface area contributed by atoms with Crippen LogP contribution >= 0.6 is 0 Å².